The van der Waals surface area contributed by atoms with E-state index in [2.05, 4.69) is 42.5 Å². The highest BCUT2D eigenvalue weighted by Crippen LogP contribution is 2.29. The molecule has 100 valence electrons. The number of hydrogen-bond donors (Lipinski definition) is 0. The SMILES string of the molecule is CC(C)C(=O)Cc1cc2ccccc2c2ccccc12. The monoisotopic (exact) mass is 262 g/mol. The molecule has 3 aromatic rings. The maximum Gasteiger partial charge on any atom is 0.139 e. The topological polar surface area (TPSA) is 17.1 Å². The maximum atomic E-state index is 12.1. The molecule has 0 amide bonds. The summed E-state index contributed by atoms with van der Waals surface area (Å²) in [6, 6.07) is 18.9. The Balaban J connectivity index is 2.26. The van der Waals surface area contributed by atoms with Gasteiger partial charge >= 0.3 is 0 Å². The van der Waals surface area contributed by atoms with E-state index < -0.39 is 0 Å². The predicted octanol–water partition coefficient (Wildman–Crippen LogP) is 4.76. The Morgan fingerprint density at radius 2 is 1.50 bits per heavy atom. The number of Topliss-reactive ketones (excluding diaryl/α,β-unsaturated/α-hetero) is 1. The van der Waals surface area contributed by atoms with E-state index in [1.165, 1.54) is 21.5 Å². The average Bonchev–Trinajstić information content (AvgIpc) is 2.47. The van der Waals surface area contributed by atoms with Crippen molar-refractivity contribution in [2.24, 2.45) is 5.92 Å². The van der Waals surface area contributed by atoms with Crippen LogP contribution in [-0.2, 0) is 11.2 Å². The molecule has 1 heteroatoms. The summed E-state index contributed by atoms with van der Waals surface area (Å²) in [5.41, 5.74) is 1.14. The summed E-state index contributed by atoms with van der Waals surface area (Å²) in [7, 11) is 0. The van der Waals surface area contributed by atoms with Crippen LogP contribution in [0.1, 0.15) is 19.4 Å². The van der Waals surface area contributed by atoms with E-state index in [1.807, 2.05) is 26.0 Å². The fraction of sp³-hybridized carbons (Fsp3) is 0.211. The Kier molecular flexibility index (Phi) is 3.27. The molecule has 0 atom stereocenters. The number of carbonyl (C=O) groups excluding carboxylic acids is 1. The molecule has 0 aliphatic carbocycles. The average molecular weight is 262 g/mol. The summed E-state index contributed by atoms with van der Waals surface area (Å²) in [5, 5.41) is 4.89. The van der Waals surface area contributed by atoms with Gasteiger partial charge in [-0.15, -0.1) is 0 Å². The smallest absolute Gasteiger partial charge is 0.139 e. The van der Waals surface area contributed by atoms with Gasteiger partial charge in [0, 0.05) is 12.3 Å². The van der Waals surface area contributed by atoms with Crippen molar-refractivity contribution in [1.82, 2.24) is 0 Å². The van der Waals surface area contributed by atoms with Crippen molar-refractivity contribution in [2.45, 2.75) is 20.3 Å². The van der Waals surface area contributed by atoms with Crippen LogP contribution in [0.4, 0.5) is 0 Å². The van der Waals surface area contributed by atoms with Gasteiger partial charge in [-0.2, -0.15) is 0 Å². The molecule has 20 heavy (non-hydrogen) atoms. The van der Waals surface area contributed by atoms with Crippen molar-refractivity contribution in [1.29, 1.82) is 0 Å². The molecular weight excluding hydrogens is 244 g/mol. The molecule has 3 rings (SSSR count). The first-order valence-electron chi connectivity index (χ1n) is 7.09. The van der Waals surface area contributed by atoms with Gasteiger partial charge in [-0.05, 0) is 27.1 Å². The highest BCUT2D eigenvalue weighted by Gasteiger charge is 2.12. The second-order valence-corrected chi connectivity index (χ2v) is 5.60. The summed E-state index contributed by atoms with van der Waals surface area (Å²) in [6.07, 6.45) is 0.517. The highest BCUT2D eigenvalue weighted by atomic mass is 16.1. The van der Waals surface area contributed by atoms with Gasteiger partial charge in [-0.3, -0.25) is 4.79 Å². The summed E-state index contributed by atoms with van der Waals surface area (Å²) < 4.78 is 0. The summed E-state index contributed by atoms with van der Waals surface area (Å²) in [6.45, 7) is 3.93. The zero-order chi connectivity index (χ0) is 14.1. The lowest BCUT2D eigenvalue weighted by Crippen LogP contribution is -2.10. The van der Waals surface area contributed by atoms with Crippen molar-refractivity contribution >= 4 is 27.3 Å². The van der Waals surface area contributed by atoms with E-state index in [0.29, 0.717) is 12.2 Å². The first kappa shape index (κ1) is 12.9. The Morgan fingerprint density at radius 1 is 0.900 bits per heavy atom. The first-order chi connectivity index (χ1) is 9.66. The van der Waals surface area contributed by atoms with Crippen molar-refractivity contribution < 1.29 is 4.79 Å². The molecule has 1 nitrogen and oxygen atoms in total. The molecule has 0 aliphatic rings. The molecule has 0 heterocycles. The summed E-state index contributed by atoms with van der Waals surface area (Å²) in [4.78, 5) is 12.1. The molecule has 3 aromatic carbocycles. The van der Waals surface area contributed by atoms with Crippen LogP contribution in [0.3, 0.4) is 0 Å². The van der Waals surface area contributed by atoms with Crippen molar-refractivity contribution in [3.63, 3.8) is 0 Å². The fourth-order valence-corrected chi connectivity index (χ4v) is 2.67. The molecule has 0 saturated carbocycles. The van der Waals surface area contributed by atoms with Gasteiger partial charge in [0.25, 0.3) is 0 Å². The molecule has 0 saturated heterocycles. The lowest BCUT2D eigenvalue weighted by Gasteiger charge is -2.11. The lowest BCUT2D eigenvalue weighted by atomic mass is 9.92. The van der Waals surface area contributed by atoms with E-state index in [-0.39, 0.29) is 5.92 Å². The Labute approximate surface area is 119 Å². The maximum absolute atomic E-state index is 12.1. The first-order valence-corrected chi connectivity index (χ1v) is 7.09. The molecule has 0 spiro atoms. The van der Waals surface area contributed by atoms with E-state index in [1.54, 1.807) is 0 Å². The molecule has 0 fully saturated rings. The number of carbonyl (C=O) groups is 1. The minimum atomic E-state index is 0.0835. The van der Waals surface area contributed by atoms with Crippen LogP contribution in [-0.4, -0.2) is 5.78 Å². The molecule has 0 radical (unpaired) electrons. The van der Waals surface area contributed by atoms with Crippen molar-refractivity contribution in [3.8, 4) is 0 Å². The Bertz CT molecular complexity index is 784. The summed E-state index contributed by atoms with van der Waals surface area (Å²) in [5.74, 6) is 0.380. The van der Waals surface area contributed by atoms with E-state index in [9.17, 15) is 4.79 Å². The largest absolute Gasteiger partial charge is 0.299 e. The van der Waals surface area contributed by atoms with E-state index in [4.69, 9.17) is 0 Å². The van der Waals surface area contributed by atoms with E-state index >= 15 is 0 Å². The van der Waals surface area contributed by atoms with Crippen LogP contribution in [0.2, 0.25) is 0 Å². The van der Waals surface area contributed by atoms with E-state index in [0.717, 1.165) is 5.56 Å². The molecule has 0 unspecified atom stereocenters. The summed E-state index contributed by atoms with van der Waals surface area (Å²) >= 11 is 0. The molecule has 0 aliphatic heterocycles. The third kappa shape index (κ3) is 2.20. The Hall–Kier alpha value is -2.15. The minimum absolute atomic E-state index is 0.0835. The van der Waals surface area contributed by atoms with Gasteiger partial charge < -0.3 is 0 Å². The van der Waals surface area contributed by atoms with Crippen LogP contribution in [0.5, 0.6) is 0 Å². The van der Waals surface area contributed by atoms with Crippen molar-refractivity contribution in [3.05, 3.63) is 60.2 Å². The molecular formula is C19H18O. The fourth-order valence-electron chi connectivity index (χ4n) is 2.67. The molecule has 0 aromatic heterocycles. The van der Waals surface area contributed by atoms with Gasteiger partial charge in [0.1, 0.15) is 5.78 Å². The quantitative estimate of drug-likeness (QED) is 0.622. The van der Waals surface area contributed by atoms with Crippen LogP contribution in [0.15, 0.2) is 54.6 Å². The predicted molar refractivity (Wildman–Crippen MR) is 85.0 cm³/mol. The van der Waals surface area contributed by atoms with Gasteiger partial charge in [0.2, 0.25) is 0 Å². The van der Waals surface area contributed by atoms with Crippen LogP contribution in [0.25, 0.3) is 21.5 Å². The highest BCUT2D eigenvalue weighted by molar-refractivity contribution is 6.09. The zero-order valence-electron chi connectivity index (χ0n) is 11.9. The standard InChI is InChI=1S/C19H18O/c1-13(2)19(20)12-15-11-14-7-3-4-8-16(14)18-10-6-5-9-17(15)18/h3-11,13H,12H2,1-2H3. The molecule has 0 N–H and O–H groups in total. The van der Waals surface area contributed by atoms with Crippen LogP contribution in [0, 0.1) is 5.92 Å². The molecule has 0 bridgehead atoms. The minimum Gasteiger partial charge on any atom is -0.299 e. The lowest BCUT2D eigenvalue weighted by molar-refractivity contribution is -0.121. The second-order valence-electron chi connectivity index (χ2n) is 5.60. The Morgan fingerprint density at radius 3 is 2.20 bits per heavy atom. The van der Waals surface area contributed by atoms with Crippen LogP contribution >= 0.6 is 0 Å². The van der Waals surface area contributed by atoms with Gasteiger partial charge in [-0.1, -0.05) is 68.4 Å². The van der Waals surface area contributed by atoms with Gasteiger partial charge in [0.15, 0.2) is 0 Å². The normalized spacial score (nSPS) is 11.3. The third-order valence-electron chi connectivity index (χ3n) is 3.86. The van der Waals surface area contributed by atoms with Crippen LogP contribution < -0.4 is 0 Å². The van der Waals surface area contributed by atoms with Gasteiger partial charge in [-0.25, -0.2) is 0 Å². The van der Waals surface area contributed by atoms with Gasteiger partial charge in [0.05, 0.1) is 0 Å². The zero-order valence-corrected chi connectivity index (χ0v) is 11.9. The number of ketones is 1. The number of rotatable bonds is 3. The third-order valence-corrected chi connectivity index (χ3v) is 3.86. The number of benzene rings is 3. The second kappa shape index (κ2) is 5.09. The van der Waals surface area contributed by atoms with Crippen molar-refractivity contribution in [2.75, 3.05) is 0 Å². The number of hydrogen-bond acceptors (Lipinski definition) is 1. The number of fused-ring (bicyclic) bond motifs is 3.